The molecule has 3 aromatic carbocycles. The summed E-state index contributed by atoms with van der Waals surface area (Å²) in [6.07, 6.45) is 1.40. The normalized spacial score (nSPS) is 10.6. The smallest absolute Gasteiger partial charge is 0.343 e. The molecular formula is C27H26ClN3O6. The van der Waals surface area contributed by atoms with Gasteiger partial charge < -0.3 is 19.5 Å². The van der Waals surface area contributed by atoms with Gasteiger partial charge >= 0.3 is 5.97 Å². The summed E-state index contributed by atoms with van der Waals surface area (Å²) in [5.74, 6) is -0.252. The van der Waals surface area contributed by atoms with Crippen molar-refractivity contribution in [3.8, 4) is 17.2 Å². The van der Waals surface area contributed by atoms with Crippen LogP contribution in [0, 0.1) is 0 Å². The van der Waals surface area contributed by atoms with E-state index in [0.29, 0.717) is 46.4 Å². The van der Waals surface area contributed by atoms with Gasteiger partial charge in [0.1, 0.15) is 5.75 Å². The van der Waals surface area contributed by atoms with Crippen molar-refractivity contribution in [2.45, 2.75) is 13.8 Å². The molecule has 10 heteroatoms. The number of benzene rings is 3. The van der Waals surface area contributed by atoms with E-state index < -0.39 is 17.8 Å². The first-order chi connectivity index (χ1) is 17.9. The number of carbonyl (C=O) groups is 3. The molecule has 0 bridgehead atoms. The van der Waals surface area contributed by atoms with Crippen molar-refractivity contribution in [1.82, 2.24) is 10.7 Å². The molecule has 0 fully saturated rings. The summed E-state index contributed by atoms with van der Waals surface area (Å²) in [5.41, 5.74) is 3.63. The summed E-state index contributed by atoms with van der Waals surface area (Å²) < 4.78 is 16.5. The van der Waals surface area contributed by atoms with Gasteiger partial charge in [-0.3, -0.25) is 9.59 Å². The van der Waals surface area contributed by atoms with E-state index in [-0.39, 0.29) is 12.3 Å². The highest BCUT2D eigenvalue weighted by molar-refractivity contribution is 6.31. The topological polar surface area (TPSA) is 115 Å². The first-order valence-electron chi connectivity index (χ1n) is 11.5. The molecule has 0 saturated carbocycles. The van der Waals surface area contributed by atoms with Gasteiger partial charge in [-0.05, 0) is 80.1 Å². The van der Waals surface area contributed by atoms with Crippen LogP contribution in [0.1, 0.15) is 40.1 Å². The third-order valence-electron chi connectivity index (χ3n) is 4.77. The Morgan fingerprint density at radius 3 is 2.35 bits per heavy atom. The zero-order chi connectivity index (χ0) is 26.6. The number of ether oxygens (including phenoxy) is 3. The molecule has 192 valence electrons. The molecule has 2 N–H and O–H groups in total. The van der Waals surface area contributed by atoms with E-state index in [1.165, 1.54) is 12.3 Å². The molecule has 0 radical (unpaired) electrons. The van der Waals surface area contributed by atoms with Crippen molar-refractivity contribution < 1.29 is 28.6 Å². The van der Waals surface area contributed by atoms with Crippen LogP contribution in [-0.4, -0.2) is 43.8 Å². The Bertz CT molecular complexity index is 1280. The molecule has 9 nitrogen and oxygen atoms in total. The van der Waals surface area contributed by atoms with Gasteiger partial charge in [0.15, 0.2) is 11.5 Å². The lowest BCUT2D eigenvalue weighted by molar-refractivity contribution is -0.120. The van der Waals surface area contributed by atoms with Gasteiger partial charge in [0.25, 0.3) is 11.8 Å². The summed E-state index contributed by atoms with van der Waals surface area (Å²) in [7, 11) is 0. The van der Waals surface area contributed by atoms with Crippen LogP contribution >= 0.6 is 11.6 Å². The first-order valence-corrected chi connectivity index (χ1v) is 11.8. The zero-order valence-electron chi connectivity index (χ0n) is 20.3. The van der Waals surface area contributed by atoms with E-state index in [2.05, 4.69) is 15.8 Å². The Kier molecular flexibility index (Phi) is 10.0. The van der Waals surface area contributed by atoms with Crippen LogP contribution < -0.4 is 25.0 Å². The summed E-state index contributed by atoms with van der Waals surface area (Å²) in [5, 5.41) is 6.81. The van der Waals surface area contributed by atoms with Gasteiger partial charge in [-0.25, -0.2) is 10.2 Å². The standard InChI is InChI=1S/C27H26ClN3O6/c1-3-35-22-11-9-19(10-12-22)27(34)37-23-13-8-18(14-24(23)36-4-2)16-30-31-25(32)17-29-26(33)20-6-5-7-21(28)15-20/h5-16H,3-4,17H2,1-2H3,(H,29,33)(H,31,32). The summed E-state index contributed by atoms with van der Waals surface area (Å²) >= 11 is 5.87. The zero-order valence-corrected chi connectivity index (χ0v) is 21.1. The molecule has 0 spiro atoms. The Hall–Kier alpha value is -4.37. The first kappa shape index (κ1) is 27.2. The Balaban J connectivity index is 1.56. The fraction of sp³-hybridized carbons (Fsp3) is 0.185. The maximum Gasteiger partial charge on any atom is 0.343 e. The van der Waals surface area contributed by atoms with E-state index in [9.17, 15) is 14.4 Å². The number of carbonyl (C=O) groups excluding carboxylic acids is 3. The van der Waals surface area contributed by atoms with Crippen molar-refractivity contribution in [1.29, 1.82) is 0 Å². The van der Waals surface area contributed by atoms with E-state index in [4.69, 9.17) is 25.8 Å². The number of hydrazone groups is 1. The lowest BCUT2D eigenvalue weighted by Crippen LogP contribution is -2.34. The number of hydrogen-bond acceptors (Lipinski definition) is 7. The number of rotatable bonds is 11. The second kappa shape index (κ2) is 13.6. The van der Waals surface area contributed by atoms with Gasteiger partial charge in [0.05, 0.1) is 31.5 Å². The predicted molar refractivity (Wildman–Crippen MR) is 140 cm³/mol. The third kappa shape index (κ3) is 8.36. The Morgan fingerprint density at radius 1 is 0.892 bits per heavy atom. The van der Waals surface area contributed by atoms with Gasteiger partial charge in [-0.1, -0.05) is 17.7 Å². The van der Waals surface area contributed by atoms with E-state index >= 15 is 0 Å². The monoisotopic (exact) mass is 523 g/mol. The van der Waals surface area contributed by atoms with Crippen LogP contribution in [0.15, 0.2) is 71.8 Å². The fourth-order valence-corrected chi connectivity index (χ4v) is 3.27. The highest BCUT2D eigenvalue weighted by atomic mass is 35.5. The van der Waals surface area contributed by atoms with Crippen molar-refractivity contribution in [3.05, 3.63) is 88.4 Å². The van der Waals surface area contributed by atoms with Crippen molar-refractivity contribution in [3.63, 3.8) is 0 Å². The van der Waals surface area contributed by atoms with Crippen LogP contribution in [0.2, 0.25) is 5.02 Å². The van der Waals surface area contributed by atoms with Crippen molar-refractivity contribution >= 4 is 35.6 Å². The van der Waals surface area contributed by atoms with Gasteiger partial charge in [-0.2, -0.15) is 5.10 Å². The average molecular weight is 524 g/mol. The van der Waals surface area contributed by atoms with Crippen LogP contribution in [0.3, 0.4) is 0 Å². The Morgan fingerprint density at radius 2 is 1.65 bits per heavy atom. The number of halogens is 1. The minimum atomic E-state index is -0.544. The lowest BCUT2D eigenvalue weighted by atomic mass is 10.2. The SMILES string of the molecule is CCOc1ccc(C(=O)Oc2ccc(C=NNC(=O)CNC(=O)c3cccc(Cl)c3)cc2OCC)cc1. The molecule has 37 heavy (non-hydrogen) atoms. The molecule has 3 aromatic rings. The van der Waals surface area contributed by atoms with Gasteiger partial charge in [-0.15, -0.1) is 0 Å². The number of nitrogens with zero attached hydrogens (tertiary/aromatic N) is 1. The largest absolute Gasteiger partial charge is 0.494 e. The predicted octanol–water partition coefficient (Wildman–Crippen LogP) is 4.24. The average Bonchev–Trinajstić information content (AvgIpc) is 2.89. The Labute approximate surface area is 219 Å². The minimum Gasteiger partial charge on any atom is -0.494 e. The highest BCUT2D eigenvalue weighted by Crippen LogP contribution is 2.29. The molecule has 0 saturated heterocycles. The molecule has 3 rings (SSSR count). The number of nitrogens with one attached hydrogen (secondary N) is 2. The summed E-state index contributed by atoms with van der Waals surface area (Å²) in [6.45, 7) is 4.28. The van der Waals surface area contributed by atoms with Crippen LogP contribution in [0.5, 0.6) is 17.2 Å². The minimum absolute atomic E-state index is 0.241. The van der Waals surface area contributed by atoms with Gasteiger partial charge in [0, 0.05) is 10.6 Å². The van der Waals surface area contributed by atoms with Gasteiger partial charge in [0.2, 0.25) is 0 Å². The molecule has 0 aliphatic rings. The number of hydrogen-bond donors (Lipinski definition) is 2. The quantitative estimate of drug-likeness (QED) is 0.168. The second-order valence-electron chi connectivity index (χ2n) is 7.47. The molecule has 0 aliphatic carbocycles. The van der Waals surface area contributed by atoms with E-state index in [1.807, 2.05) is 6.92 Å². The molecule has 0 aromatic heterocycles. The number of amides is 2. The van der Waals surface area contributed by atoms with E-state index in [0.717, 1.165) is 0 Å². The maximum atomic E-state index is 12.6. The van der Waals surface area contributed by atoms with Crippen molar-refractivity contribution in [2.75, 3.05) is 19.8 Å². The molecule has 0 atom stereocenters. The molecule has 2 amide bonds. The molecule has 0 unspecified atom stereocenters. The van der Waals surface area contributed by atoms with Crippen LogP contribution in [0.25, 0.3) is 0 Å². The van der Waals surface area contributed by atoms with Crippen molar-refractivity contribution in [2.24, 2.45) is 5.10 Å². The third-order valence-corrected chi connectivity index (χ3v) is 5.01. The maximum absolute atomic E-state index is 12.6. The summed E-state index contributed by atoms with van der Waals surface area (Å²) in [6, 6.07) is 17.9. The molecular weight excluding hydrogens is 498 g/mol. The lowest BCUT2D eigenvalue weighted by Gasteiger charge is -2.11. The number of esters is 1. The molecule has 0 aliphatic heterocycles. The second-order valence-corrected chi connectivity index (χ2v) is 7.91. The fourth-order valence-electron chi connectivity index (χ4n) is 3.08. The van der Waals surface area contributed by atoms with Crippen LogP contribution in [-0.2, 0) is 4.79 Å². The van der Waals surface area contributed by atoms with Crippen LogP contribution in [0.4, 0.5) is 0 Å². The van der Waals surface area contributed by atoms with E-state index in [1.54, 1.807) is 67.6 Å². The summed E-state index contributed by atoms with van der Waals surface area (Å²) in [4.78, 5) is 36.7. The highest BCUT2D eigenvalue weighted by Gasteiger charge is 2.14. The molecule has 0 heterocycles.